The number of aliphatic hydroxyl groups is 1. The van der Waals surface area contributed by atoms with E-state index in [-0.39, 0.29) is 6.61 Å². The first-order chi connectivity index (χ1) is 12.2. The Labute approximate surface area is 147 Å². The molecule has 0 unspecified atom stereocenters. The molecule has 0 radical (unpaired) electrons. The zero-order valence-corrected chi connectivity index (χ0v) is 13.8. The zero-order valence-electron chi connectivity index (χ0n) is 13.0. The van der Waals surface area contributed by atoms with Crippen LogP contribution < -0.4 is 5.32 Å². The van der Waals surface area contributed by atoms with Crippen LogP contribution in [0.5, 0.6) is 0 Å². The number of anilines is 2. The molecule has 4 aromatic rings. The van der Waals surface area contributed by atoms with Gasteiger partial charge in [0.05, 0.1) is 30.7 Å². The number of hydrogen-bond donors (Lipinski definition) is 2. The van der Waals surface area contributed by atoms with E-state index in [9.17, 15) is 0 Å². The lowest BCUT2D eigenvalue weighted by Crippen LogP contribution is -2.02. The van der Waals surface area contributed by atoms with Crippen LogP contribution in [0, 0.1) is 0 Å². The first kappa shape index (κ1) is 15.6. The SMILES string of the molecule is OCCn1cc(Nc2nccc(-c3c(Cl)nc4ccccn34)n2)cn1. The summed E-state index contributed by atoms with van der Waals surface area (Å²) in [5.74, 6) is 0.419. The average Bonchev–Trinajstić information content (AvgIpc) is 3.18. The number of nitrogens with one attached hydrogen (secondary N) is 1. The van der Waals surface area contributed by atoms with E-state index in [1.54, 1.807) is 29.3 Å². The van der Waals surface area contributed by atoms with E-state index in [0.717, 1.165) is 11.3 Å². The monoisotopic (exact) mass is 355 g/mol. The van der Waals surface area contributed by atoms with Crippen molar-refractivity contribution in [1.29, 1.82) is 0 Å². The molecule has 0 atom stereocenters. The smallest absolute Gasteiger partial charge is 0.227 e. The van der Waals surface area contributed by atoms with Crippen molar-refractivity contribution in [2.75, 3.05) is 11.9 Å². The van der Waals surface area contributed by atoms with Crippen molar-refractivity contribution < 1.29 is 5.11 Å². The number of pyridine rings is 1. The molecular formula is C16H14ClN7O. The van der Waals surface area contributed by atoms with Gasteiger partial charge in [-0.05, 0) is 18.2 Å². The largest absolute Gasteiger partial charge is 0.394 e. The highest BCUT2D eigenvalue weighted by atomic mass is 35.5. The van der Waals surface area contributed by atoms with E-state index in [1.165, 1.54) is 0 Å². The van der Waals surface area contributed by atoms with Crippen LogP contribution in [0.1, 0.15) is 0 Å². The van der Waals surface area contributed by atoms with Gasteiger partial charge in [-0.3, -0.25) is 9.08 Å². The predicted octanol–water partition coefficient (Wildman–Crippen LogP) is 2.38. The van der Waals surface area contributed by atoms with Crippen LogP contribution in [-0.2, 0) is 6.54 Å². The number of imidazole rings is 1. The molecule has 0 amide bonds. The van der Waals surface area contributed by atoms with E-state index in [4.69, 9.17) is 16.7 Å². The third kappa shape index (κ3) is 3.04. The van der Waals surface area contributed by atoms with Crippen molar-refractivity contribution in [3.63, 3.8) is 0 Å². The molecular weight excluding hydrogens is 342 g/mol. The maximum Gasteiger partial charge on any atom is 0.227 e. The highest BCUT2D eigenvalue weighted by Crippen LogP contribution is 2.28. The molecule has 0 bridgehead atoms. The van der Waals surface area contributed by atoms with Crippen LogP contribution in [0.25, 0.3) is 17.0 Å². The van der Waals surface area contributed by atoms with Gasteiger partial charge in [-0.15, -0.1) is 0 Å². The molecule has 2 N–H and O–H groups in total. The first-order valence-corrected chi connectivity index (χ1v) is 7.99. The first-order valence-electron chi connectivity index (χ1n) is 7.61. The van der Waals surface area contributed by atoms with Gasteiger partial charge in [0.25, 0.3) is 0 Å². The van der Waals surface area contributed by atoms with Gasteiger partial charge in [0.15, 0.2) is 5.15 Å². The second-order valence-electron chi connectivity index (χ2n) is 5.29. The molecule has 4 rings (SSSR count). The topological polar surface area (TPSA) is 93.2 Å². The number of nitrogens with zero attached hydrogens (tertiary/aromatic N) is 6. The van der Waals surface area contributed by atoms with Gasteiger partial charge in [-0.2, -0.15) is 5.10 Å². The molecule has 0 spiro atoms. The zero-order chi connectivity index (χ0) is 17.2. The third-order valence-corrected chi connectivity index (χ3v) is 3.87. The molecule has 4 heterocycles. The van der Waals surface area contributed by atoms with E-state index in [2.05, 4.69) is 25.4 Å². The molecule has 8 nitrogen and oxygen atoms in total. The number of halogens is 1. The summed E-state index contributed by atoms with van der Waals surface area (Å²) in [6.07, 6.45) is 6.96. The van der Waals surface area contributed by atoms with E-state index >= 15 is 0 Å². The van der Waals surface area contributed by atoms with Crippen LogP contribution in [0.4, 0.5) is 11.6 Å². The standard InChI is InChI=1S/C16H14ClN7O/c17-15-14(24-6-2-1-3-13(24)22-15)12-4-5-18-16(21-12)20-11-9-19-23(10-11)7-8-25/h1-6,9-10,25H,7-8H2,(H,18,20,21). The summed E-state index contributed by atoms with van der Waals surface area (Å²) in [6.45, 7) is 0.458. The second-order valence-corrected chi connectivity index (χ2v) is 5.64. The number of fused-ring (bicyclic) bond motifs is 1. The quantitative estimate of drug-likeness (QED) is 0.571. The third-order valence-electron chi connectivity index (χ3n) is 3.60. The van der Waals surface area contributed by atoms with Gasteiger partial charge in [0.2, 0.25) is 5.95 Å². The summed E-state index contributed by atoms with van der Waals surface area (Å²) in [7, 11) is 0. The summed E-state index contributed by atoms with van der Waals surface area (Å²) in [5.41, 5.74) is 2.85. The van der Waals surface area contributed by atoms with Crippen LogP contribution in [-0.4, -0.2) is 40.8 Å². The van der Waals surface area contributed by atoms with Gasteiger partial charge in [-0.25, -0.2) is 15.0 Å². The molecule has 0 saturated carbocycles. The van der Waals surface area contributed by atoms with Crippen LogP contribution in [0.3, 0.4) is 0 Å². The predicted molar refractivity (Wildman–Crippen MR) is 93.8 cm³/mol. The lowest BCUT2D eigenvalue weighted by Gasteiger charge is -2.05. The maximum atomic E-state index is 8.95. The summed E-state index contributed by atoms with van der Waals surface area (Å²) in [4.78, 5) is 13.1. The van der Waals surface area contributed by atoms with Crippen molar-refractivity contribution in [2.24, 2.45) is 0 Å². The number of hydrogen-bond acceptors (Lipinski definition) is 6. The molecule has 0 fully saturated rings. The number of aromatic nitrogens is 6. The Morgan fingerprint density at radius 3 is 3.00 bits per heavy atom. The highest BCUT2D eigenvalue weighted by molar-refractivity contribution is 6.32. The Kier molecular flexibility index (Phi) is 4.04. The molecule has 0 saturated heterocycles. The van der Waals surface area contributed by atoms with Crippen molar-refractivity contribution in [3.8, 4) is 11.4 Å². The Bertz CT molecular complexity index is 1030. The normalized spacial score (nSPS) is 11.1. The fourth-order valence-electron chi connectivity index (χ4n) is 2.53. The molecule has 9 heteroatoms. The second kappa shape index (κ2) is 6.50. The average molecular weight is 356 g/mol. The molecule has 4 aromatic heterocycles. The van der Waals surface area contributed by atoms with Crippen LogP contribution in [0.15, 0.2) is 49.1 Å². The molecule has 0 aromatic carbocycles. The van der Waals surface area contributed by atoms with Gasteiger partial charge in [0, 0.05) is 18.6 Å². The molecule has 0 aliphatic carbocycles. The van der Waals surface area contributed by atoms with Crippen molar-refractivity contribution >= 4 is 28.9 Å². The lowest BCUT2D eigenvalue weighted by molar-refractivity contribution is 0.269. The van der Waals surface area contributed by atoms with Crippen molar-refractivity contribution in [1.82, 2.24) is 29.1 Å². The van der Waals surface area contributed by atoms with Gasteiger partial charge >= 0.3 is 0 Å². The van der Waals surface area contributed by atoms with Crippen molar-refractivity contribution in [2.45, 2.75) is 6.54 Å². The lowest BCUT2D eigenvalue weighted by atomic mass is 10.3. The Balaban J connectivity index is 1.68. The summed E-state index contributed by atoms with van der Waals surface area (Å²) in [6, 6.07) is 7.47. The summed E-state index contributed by atoms with van der Waals surface area (Å²) >= 11 is 6.30. The van der Waals surface area contributed by atoms with E-state index in [0.29, 0.717) is 29.0 Å². The van der Waals surface area contributed by atoms with Crippen molar-refractivity contribution in [3.05, 3.63) is 54.2 Å². The Hall–Kier alpha value is -2.97. The minimum absolute atomic E-state index is 0.0277. The fraction of sp³-hybridized carbons (Fsp3) is 0.125. The van der Waals surface area contributed by atoms with Gasteiger partial charge in [-0.1, -0.05) is 17.7 Å². The molecule has 0 aliphatic rings. The van der Waals surface area contributed by atoms with Gasteiger partial charge in [0.1, 0.15) is 11.3 Å². The van der Waals surface area contributed by atoms with E-state index in [1.807, 2.05) is 28.8 Å². The minimum Gasteiger partial charge on any atom is -0.394 e. The molecule has 0 aliphatic heterocycles. The Morgan fingerprint density at radius 2 is 2.12 bits per heavy atom. The highest BCUT2D eigenvalue weighted by Gasteiger charge is 2.14. The van der Waals surface area contributed by atoms with E-state index < -0.39 is 0 Å². The summed E-state index contributed by atoms with van der Waals surface area (Å²) in [5, 5.41) is 16.6. The number of rotatable bonds is 5. The van der Waals surface area contributed by atoms with Crippen LogP contribution >= 0.6 is 11.6 Å². The Morgan fingerprint density at radius 1 is 1.20 bits per heavy atom. The molecule has 25 heavy (non-hydrogen) atoms. The fourth-order valence-corrected chi connectivity index (χ4v) is 2.80. The maximum absolute atomic E-state index is 8.95. The number of aliphatic hydroxyl groups excluding tert-OH is 1. The van der Waals surface area contributed by atoms with Gasteiger partial charge < -0.3 is 10.4 Å². The summed E-state index contributed by atoms with van der Waals surface area (Å²) < 4.78 is 3.52. The molecule has 126 valence electrons. The minimum atomic E-state index is 0.0277. The van der Waals surface area contributed by atoms with Crippen LogP contribution in [0.2, 0.25) is 5.15 Å².